The molecular formula is C25H38O2. The zero-order valence-electron chi connectivity index (χ0n) is 18.2. The van der Waals surface area contributed by atoms with Gasteiger partial charge in [-0.2, -0.15) is 0 Å². The SMILES string of the molecule is CCC(C)(C)c1cc(O)c(C(C)(C)C)c(O)c1C12CC3CC(CC(C3)C1)C2. The fraction of sp³-hybridized carbons (Fsp3) is 0.760. The Bertz CT molecular complexity index is 715. The maximum atomic E-state index is 11.6. The van der Waals surface area contributed by atoms with E-state index in [0.29, 0.717) is 5.75 Å². The minimum absolute atomic E-state index is 0.0515. The lowest BCUT2D eigenvalue weighted by atomic mass is 9.47. The molecule has 0 aliphatic heterocycles. The van der Waals surface area contributed by atoms with Crippen LogP contribution >= 0.6 is 0 Å². The summed E-state index contributed by atoms with van der Waals surface area (Å²) >= 11 is 0. The first kappa shape index (κ1) is 19.2. The molecule has 4 aliphatic carbocycles. The number of rotatable bonds is 3. The summed E-state index contributed by atoms with van der Waals surface area (Å²) in [5.74, 6) is 3.17. The predicted octanol–water partition coefficient (Wildman–Crippen LogP) is 6.55. The summed E-state index contributed by atoms with van der Waals surface area (Å²) in [4.78, 5) is 0. The predicted molar refractivity (Wildman–Crippen MR) is 112 cm³/mol. The smallest absolute Gasteiger partial charge is 0.127 e. The summed E-state index contributed by atoms with van der Waals surface area (Å²) < 4.78 is 0. The number of aromatic hydroxyl groups is 2. The maximum absolute atomic E-state index is 11.6. The Morgan fingerprint density at radius 2 is 1.41 bits per heavy atom. The third-order valence-corrected chi connectivity index (χ3v) is 8.21. The van der Waals surface area contributed by atoms with Crippen LogP contribution in [0.4, 0.5) is 0 Å². The van der Waals surface area contributed by atoms with Gasteiger partial charge in [0.15, 0.2) is 0 Å². The third-order valence-electron chi connectivity index (χ3n) is 8.21. The molecule has 5 rings (SSSR count). The molecule has 2 N–H and O–H groups in total. The molecule has 1 aromatic carbocycles. The molecule has 0 atom stereocenters. The van der Waals surface area contributed by atoms with Crippen molar-refractivity contribution in [3.05, 3.63) is 22.8 Å². The van der Waals surface area contributed by atoms with Gasteiger partial charge in [-0.25, -0.2) is 0 Å². The minimum Gasteiger partial charge on any atom is -0.507 e. The summed E-state index contributed by atoms with van der Waals surface area (Å²) in [6.07, 6.45) is 8.89. The Morgan fingerprint density at radius 3 is 1.81 bits per heavy atom. The maximum Gasteiger partial charge on any atom is 0.127 e. The van der Waals surface area contributed by atoms with Gasteiger partial charge >= 0.3 is 0 Å². The van der Waals surface area contributed by atoms with Crippen molar-refractivity contribution in [1.82, 2.24) is 0 Å². The van der Waals surface area contributed by atoms with Gasteiger partial charge in [0.05, 0.1) is 0 Å². The van der Waals surface area contributed by atoms with Crippen LogP contribution in [0.2, 0.25) is 0 Å². The molecule has 150 valence electrons. The van der Waals surface area contributed by atoms with Gasteiger partial charge < -0.3 is 10.2 Å². The van der Waals surface area contributed by atoms with E-state index in [1.807, 2.05) is 6.07 Å². The summed E-state index contributed by atoms with van der Waals surface area (Å²) in [5, 5.41) is 22.6. The largest absolute Gasteiger partial charge is 0.507 e. The molecular weight excluding hydrogens is 332 g/mol. The van der Waals surface area contributed by atoms with E-state index in [9.17, 15) is 10.2 Å². The first-order valence-corrected chi connectivity index (χ1v) is 11.1. The van der Waals surface area contributed by atoms with Gasteiger partial charge in [0.2, 0.25) is 0 Å². The monoisotopic (exact) mass is 370 g/mol. The van der Waals surface area contributed by atoms with Gasteiger partial charge in [-0.1, -0.05) is 41.5 Å². The van der Waals surface area contributed by atoms with Crippen molar-refractivity contribution in [1.29, 1.82) is 0 Å². The summed E-state index contributed by atoms with van der Waals surface area (Å²) in [7, 11) is 0. The van der Waals surface area contributed by atoms with Crippen LogP contribution in [0.3, 0.4) is 0 Å². The molecule has 4 aliphatic rings. The number of phenols is 2. The van der Waals surface area contributed by atoms with Crippen molar-refractivity contribution in [2.24, 2.45) is 17.8 Å². The fourth-order valence-corrected chi connectivity index (χ4v) is 7.07. The average molecular weight is 371 g/mol. The van der Waals surface area contributed by atoms with Crippen LogP contribution in [-0.2, 0) is 16.2 Å². The van der Waals surface area contributed by atoms with Gasteiger partial charge in [-0.05, 0) is 85.2 Å². The lowest BCUT2D eigenvalue weighted by molar-refractivity contribution is -0.00710. The summed E-state index contributed by atoms with van der Waals surface area (Å²) in [6, 6.07) is 2.01. The van der Waals surface area contributed by atoms with Crippen LogP contribution in [-0.4, -0.2) is 10.2 Å². The topological polar surface area (TPSA) is 40.5 Å². The standard InChI is InChI=1S/C25H38O2/c1-7-24(5,6)18-11-19(26)21(23(2,3)4)22(27)20(18)25-12-15-8-16(13-25)10-17(9-15)14-25/h11,15-17,26-27H,7-10,12-14H2,1-6H3. The summed E-state index contributed by atoms with van der Waals surface area (Å²) in [5.41, 5.74) is 2.92. The number of hydrogen-bond donors (Lipinski definition) is 2. The van der Waals surface area contributed by atoms with Gasteiger partial charge in [-0.3, -0.25) is 0 Å². The third kappa shape index (κ3) is 2.89. The van der Waals surface area contributed by atoms with E-state index in [4.69, 9.17) is 0 Å². The molecule has 0 unspecified atom stereocenters. The highest BCUT2D eigenvalue weighted by Gasteiger charge is 2.54. The quantitative estimate of drug-likeness (QED) is 0.633. The number of hydrogen-bond acceptors (Lipinski definition) is 2. The minimum atomic E-state index is -0.278. The number of phenolic OH excluding ortho intramolecular Hbond substituents is 2. The molecule has 1 aromatic rings. The normalized spacial score (nSPS) is 32.9. The van der Waals surface area contributed by atoms with Crippen LogP contribution in [0.15, 0.2) is 6.07 Å². The van der Waals surface area contributed by atoms with Crippen molar-refractivity contribution < 1.29 is 10.2 Å². The van der Waals surface area contributed by atoms with E-state index in [-0.39, 0.29) is 22.0 Å². The Labute approximate surface area is 165 Å². The molecule has 0 radical (unpaired) electrons. The molecule has 2 nitrogen and oxygen atoms in total. The van der Waals surface area contributed by atoms with E-state index < -0.39 is 0 Å². The van der Waals surface area contributed by atoms with Crippen molar-refractivity contribution >= 4 is 0 Å². The van der Waals surface area contributed by atoms with E-state index in [1.54, 1.807) is 0 Å². The highest BCUT2D eigenvalue weighted by atomic mass is 16.3. The van der Waals surface area contributed by atoms with Crippen molar-refractivity contribution in [2.75, 3.05) is 0 Å². The van der Waals surface area contributed by atoms with Crippen LogP contribution in [0.1, 0.15) is 103 Å². The Balaban J connectivity index is 1.98. The highest BCUT2D eigenvalue weighted by molar-refractivity contribution is 5.60. The second-order valence-electron chi connectivity index (χ2n) is 11.7. The lowest BCUT2D eigenvalue weighted by Crippen LogP contribution is -2.49. The molecule has 0 spiro atoms. The molecule has 4 fully saturated rings. The van der Waals surface area contributed by atoms with Crippen molar-refractivity contribution in [3.63, 3.8) is 0 Å². The molecule has 0 amide bonds. The van der Waals surface area contributed by atoms with Crippen LogP contribution in [0.25, 0.3) is 0 Å². The zero-order valence-corrected chi connectivity index (χ0v) is 18.2. The molecule has 0 heterocycles. The van der Waals surface area contributed by atoms with Crippen molar-refractivity contribution in [2.45, 2.75) is 103 Å². The molecule has 4 bridgehead atoms. The second-order valence-corrected chi connectivity index (χ2v) is 11.7. The Kier molecular flexibility index (Phi) is 4.19. The van der Waals surface area contributed by atoms with Crippen molar-refractivity contribution in [3.8, 4) is 11.5 Å². The molecule has 4 saturated carbocycles. The first-order valence-electron chi connectivity index (χ1n) is 11.1. The zero-order chi connectivity index (χ0) is 19.8. The van der Waals surface area contributed by atoms with Gasteiger partial charge in [0.25, 0.3) is 0 Å². The number of benzene rings is 1. The van der Waals surface area contributed by atoms with Crippen LogP contribution < -0.4 is 0 Å². The Morgan fingerprint density at radius 1 is 0.926 bits per heavy atom. The molecule has 27 heavy (non-hydrogen) atoms. The molecule has 2 heteroatoms. The van der Waals surface area contributed by atoms with Crippen LogP contribution in [0.5, 0.6) is 11.5 Å². The fourth-order valence-electron chi connectivity index (χ4n) is 7.07. The van der Waals surface area contributed by atoms with E-state index >= 15 is 0 Å². The van der Waals surface area contributed by atoms with Gasteiger partial charge in [-0.15, -0.1) is 0 Å². The Hall–Kier alpha value is -1.18. The molecule has 0 aromatic heterocycles. The second kappa shape index (κ2) is 5.91. The van der Waals surface area contributed by atoms with Gasteiger partial charge in [0.1, 0.15) is 11.5 Å². The first-order chi connectivity index (χ1) is 12.5. The average Bonchev–Trinajstić information content (AvgIpc) is 2.51. The van der Waals surface area contributed by atoms with E-state index in [2.05, 4.69) is 41.5 Å². The van der Waals surface area contributed by atoms with E-state index in [0.717, 1.165) is 29.7 Å². The van der Waals surface area contributed by atoms with E-state index in [1.165, 1.54) is 49.7 Å². The molecule has 0 saturated heterocycles. The summed E-state index contributed by atoms with van der Waals surface area (Å²) in [6.45, 7) is 13.0. The highest BCUT2D eigenvalue weighted by Crippen LogP contribution is 2.64. The van der Waals surface area contributed by atoms with Crippen LogP contribution in [0, 0.1) is 17.8 Å². The lowest BCUT2D eigenvalue weighted by Gasteiger charge is -2.58. The van der Waals surface area contributed by atoms with Gasteiger partial charge in [0, 0.05) is 16.5 Å².